The highest BCUT2D eigenvalue weighted by Gasteiger charge is 2.29. The molecule has 0 aliphatic rings. The molecular weight excluding hydrogens is 465 g/mol. The van der Waals surface area contributed by atoms with Crippen LogP contribution in [0, 0.1) is 0 Å². The summed E-state index contributed by atoms with van der Waals surface area (Å²) in [7, 11) is -2.33. The van der Waals surface area contributed by atoms with E-state index in [1.807, 2.05) is 57.3 Å². The van der Waals surface area contributed by atoms with Gasteiger partial charge in [0.2, 0.25) is 0 Å². The summed E-state index contributed by atoms with van der Waals surface area (Å²) in [5.41, 5.74) is 9.44. The molecule has 0 spiro atoms. The number of carbonyl (C=O) groups is 1. The minimum atomic E-state index is -2.33. The van der Waals surface area contributed by atoms with Crippen LogP contribution in [-0.4, -0.2) is 35.0 Å². The lowest BCUT2D eigenvalue weighted by Crippen LogP contribution is -2.26. The van der Waals surface area contributed by atoms with E-state index in [-0.39, 0.29) is 17.2 Å². The second-order valence-electron chi connectivity index (χ2n) is 8.98. The Balaban J connectivity index is 1.61. The molecule has 1 heterocycles. The number of nitrogens with two attached hydrogens (primary N) is 1. The Morgan fingerprint density at radius 1 is 1.06 bits per heavy atom. The normalized spacial score (nSPS) is 12.8. The standard InChI is InChI=1S/C26H34N3O3PS/c1-17(2)33(32,18(3)4)14-13-28-25(30)19-7-9-20(10-8-19)26(31)29-23-16-21(11-12-22(23)27)24-6-5-15-34-24/h5-12,15-18,25,28,30H,13-14,27H2,1-4H3,(H,29,31). The molecule has 34 heavy (non-hydrogen) atoms. The Bertz CT molecular complexity index is 1130. The molecule has 5 N–H and O–H groups in total. The first-order valence-corrected chi connectivity index (χ1v) is 14.4. The third-order valence-electron chi connectivity index (χ3n) is 6.14. The van der Waals surface area contributed by atoms with E-state index in [0.29, 0.717) is 35.2 Å². The van der Waals surface area contributed by atoms with Gasteiger partial charge in [-0.15, -0.1) is 11.3 Å². The zero-order valence-electron chi connectivity index (χ0n) is 20.1. The second kappa shape index (κ2) is 11.3. The number of anilines is 2. The van der Waals surface area contributed by atoms with Gasteiger partial charge in [-0.3, -0.25) is 10.1 Å². The van der Waals surface area contributed by atoms with E-state index in [0.717, 1.165) is 10.4 Å². The number of benzene rings is 2. The first kappa shape index (κ1) is 26.2. The SMILES string of the molecule is CC(C)P(=O)(CCNC(O)c1ccc(C(=O)Nc2cc(-c3cccs3)ccc2N)cc1)C(C)C. The van der Waals surface area contributed by atoms with Gasteiger partial charge >= 0.3 is 0 Å². The molecule has 0 bridgehead atoms. The summed E-state index contributed by atoms with van der Waals surface area (Å²) < 4.78 is 13.1. The molecule has 1 amide bonds. The van der Waals surface area contributed by atoms with Crippen LogP contribution < -0.4 is 16.4 Å². The van der Waals surface area contributed by atoms with Crippen molar-refractivity contribution in [2.24, 2.45) is 0 Å². The predicted octanol–water partition coefficient (Wildman–Crippen LogP) is 6.01. The van der Waals surface area contributed by atoms with Crippen molar-refractivity contribution in [1.29, 1.82) is 0 Å². The molecule has 0 saturated carbocycles. The molecule has 3 aromatic rings. The third-order valence-corrected chi connectivity index (χ3v) is 11.5. The summed E-state index contributed by atoms with van der Waals surface area (Å²) in [5.74, 6) is -0.279. The van der Waals surface area contributed by atoms with Crippen LogP contribution in [-0.2, 0) is 4.57 Å². The topological polar surface area (TPSA) is 104 Å². The molecule has 0 fully saturated rings. The van der Waals surface area contributed by atoms with E-state index in [4.69, 9.17) is 5.73 Å². The molecule has 0 saturated heterocycles. The number of nitrogens with one attached hydrogen (secondary N) is 2. The van der Waals surface area contributed by atoms with Gasteiger partial charge in [0.25, 0.3) is 5.91 Å². The molecule has 6 nitrogen and oxygen atoms in total. The number of hydrogen-bond donors (Lipinski definition) is 4. The summed E-state index contributed by atoms with van der Waals surface area (Å²) in [6, 6.07) is 16.3. The highest BCUT2D eigenvalue weighted by molar-refractivity contribution is 7.65. The van der Waals surface area contributed by atoms with Gasteiger partial charge in [0.05, 0.1) is 18.5 Å². The molecule has 0 radical (unpaired) electrons. The monoisotopic (exact) mass is 499 g/mol. The molecule has 8 heteroatoms. The van der Waals surface area contributed by atoms with Crippen molar-refractivity contribution < 1.29 is 14.5 Å². The van der Waals surface area contributed by atoms with Crippen LogP contribution in [0.4, 0.5) is 11.4 Å². The molecule has 2 aromatic carbocycles. The van der Waals surface area contributed by atoms with E-state index in [1.54, 1.807) is 41.7 Å². The third kappa shape index (κ3) is 6.16. The summed E-state index contributed by atoms with van der Waals surface area (Å²) in [6.45, 7) is 8.43. The van der Waals surface area contributed by atoms with Gasteiger partial charge in [-0.25, -0.2) is 0 Å². The molecule has 1 unspecified atom stereocenters. The summed E-state index contributed by atoms with van der Waals surface area (Å²) in [5, 5.41) is 18.4. The molecular formula is C26H34N3O3PS. The summed E-state index contributed by atoms with van der Waals surface area (Å²) >= 11 is 1.62. The largest absolute Gasteiger partial charge is 0.397 e. The minimum absolute atomic E-state index is 0.115. The lowest BCUT2D eigenvalue weighted by atomic mass is 10.1. The summed E-state index contributed by atoms with van der Waals surface area (Å²) in [6.07, 6.45) is -0.366. The first-order chi connectivity index (χ1) is 16.1. The Kier molecular flexibility index (Phi) is 8.72. The van der Waals surface area contributed by atoms with Crippen molar-refractivity contribution in [2.75, 3.05) is 23.8 Å². The number of rotatable bonds is 10. The van der Waals surface area contributed by atoms with Gasteiger partial charge in [0.15, 0.2) is 0 Å². The number of nitrogen functional groups attached to an aromatic ring is 1. The molecule has 0 aliphatic carbocycles. The van der Waals surface area contributed by atoms with Crippen molar-refractivity contribution in [3.05, 3.63) is 71.1 Å². The zero-order chi connectivity index (χ0) is 24.9. The van der Waals surface area contributed by atoms with Gasteiger partial charge in [0, 0.05) is 34.5 Å². The van der Waals surface area contributed by atoms with E-state index in [2.05, 4.69) is 10.6 Å². The van der Waals surface area contributed by atoms with Gasteiger partial charge < -0.3 is 20.7 Å². The van der Waals surface area contributed by atoms with Crippen LogP contribution in [0.3, 0.4) is 0 Å². The van der Waals surface area contributed by atoms with Crippen LogP contribution in [0.5, 0.6) is 0 Å². The molecule has 1 aromatic heterocycles. The maximum Gasteiger partial charge on any atom is 0.255 e. The number of thiophene rings is 1. The Morgan fingerprint density at radius 2 is 1.74 bits per heavy atom. The number of amides is 1. The van der Waals surface area contributed by atoms with Crippen LogP contribution in [0.1, 0.15) is 49.8 Å². The lowest BCUT2D eigenvalue weighted by molar-refractivity contribution is 0.102. The van der Waals surface area contributed by atoms with Crippen LogP contribution in [0.15, 0.2) is 60.0 Å². The van der Waals surface area contributed by atoms with Gasteiger partial charge in [0.1, 0.15) is 6.23 Å². The first-order valence-electron chi connectivity index (χ1n) is 11.5. The highest BCUT2D eigenvalue weighted by Crippen LogP contribution is 2.54. The fourth-order valence-corrected chi connectivity index (χ4v) is 7.31. The highest BCUT2D eigenvalue weighted by atomic mass is 32.1. The minimum Gasteiger partial charge on any atom is -0.397 e. The molecule has 182 valence electrons. The van der Waals surface area contributed by atoms with Crippen molar-refractivity contribution in [3.8, 4) is 10.4 Å². The number of aliphatic hydroxyl groups excluding tert-OH is 1. The van der Waals surface area contributed by atoms with Crippen LogP contribution in [0.25, 0.3) is 10.4 Å². The van der Waals surface area contributed by atoms with Crippen LogP contribution in [0.2, 0.25) is 0 Å². The maximum absolute atomic E-state index is 13.1. The van der Waals surface area contributed by atoms with Gasteiger partial charge in [-0.2, -0.15) is 0 Å². The zero-order valence-corrected chi connectivity index (χ0v) is 21.8. The van der Waals surface area contributed by atoms with Gasteiger partial charge in [-0.05, 0) is 46.8 Å². The molecule has 1 atom stereocenters. The van der Waals surface area contributed by atoms with Gasteiger partial charge in [-0.1, -0.05) is 52.0 Å². The fourth-order valence-electron chi connectivity index (χ4n) is 3.88. The van der Waals surface area contributed by atoms with Crippen molar-refractivity contribution >= 4 is 35.8 Å². The van der Waals surface area contributed by atoms with Crippen LogP contribution >= 0.6 is 18.5 Å². The lowest BCUT2D eigenvalue weighted by Gasteiger charge is -2.26. The number of carbonyl (C=O) groups excluding carboxylic acids is 1. The number of aliphatic hydroxyl groups is 1. The van der Waals surface area contributed by atoms with Crippen molar-refractivity contribution in [1.82, 2.24) is 5.32 Å². The Labute approximate surface area is 206 Å². The van der Waals surface area contributed by atoms with E-state index >= 15 is 0 Å². The molecule has 0 aliphatic heterocycles. The van der Waals surface area contributed by atoms with E-state index in [1.165, 1.54) is 0 Å². The van der Waals surface area contributed by atoms with Crippen molar-refractivity contribution in [2.45, 2.75) is 45.2 Å². The summed E-state index contributed by atoms with van der Waals surface area (Å²) in [4.78, 5) is 13.9. The van der Waals surface area contributed by atoms with E-state index < -0.39 is 13.4 Å². The predicted molar refractivity (Wildman–Crippen MR) is 144 cm³/mol. The average Bonchev–Trinajstić information content (AvgIpc) is 3.35. The average molecular weight is 500 g/mol. The quantitative estimate of drug-likeness (QED) is 0.155. The fraction of sp³-hybridized carbons (Fsp3) is 0.346. The maximum atomic E-state index is 13.1. The Hall–Kier alpha value is -2.44. The molecule has 3 rings (SSSR count). The smallest absolute Gasteiger partial charge is 0.255 e. The van der Waals surface area contributed by atoms with E-state index in [9.17, 15) is 14.5 Å². The number of hydrogen-bond acceptors (Lipinski definition) is 6. The second-order valence-corrected chi connectivity index (χ2v) is 14.1. The Morgan fingerprint density at radius 3 is 2.32 bits per heavy atom. The van der Waals surface area contributed by atoms with Crippen molar-refractivity contribution in [3.63, 3.8) is 0 Å².